The Balaban J connectivity index is 1.71. The molecule has 2 rings (SSSR count). The maximum atomic E-state index is 3.80. The SMILES string of the molecule is CCSC1CCCC1NCCC(C)c1ccccc1. The number of benzene rings is 1. The highest BCUT2D eigenvalue weighted by molar-refractivity contribution is 7.99. The molecule has 0 saturated heterocycles. The predicted molar refractivity (Wildman–Crippen MR) is 87.0 cm³/mol. The first kappa shape index (κ1) is 14.9. The van der Waals surface area contributed by atoms with Gasteiger partial charge in [0.05, 0.1) is 0 Å². The van der Waals surface area contributed by atoms with E-state index in [1.165, 1.54) is 37.0 Å². The molecule has 2 heteroatoms. The van der Waals surface area contributed by atoms with Crippen molar-refractivity contribution in [3.63, 3.8) is 0 Å². The molecule has 0 aliphatic heterocycles. The van der Waals surface area contributed by atoms with E-state index in [-0.39, 0.29) is 0 Å². The van der Waals surface area contributed by atoms with Gasteiger partial charge in [-0.05, 0) is 43.0 Å². The fourth-order valence-corrected chi connectivity index (χ4v) is 4.23. The van der Waals surface area contributed by atoms with Gasteiger partial charge in [0.15, 0.2) is 0 Å². The van der Waals surface area contributed by atoms with Crippen molar-refractivity contribution in [2.75, 3.05) is 12.3 Å². The van der Waals surface area contributed by atoms with Crippen molar-refractivity contribution in [2.45, 2.75) is 56.7 Å². The van der Waals surface area contributed by atoms with E-state index in [2.05, 4.69) is 61.3 Å². The highest BCUT2D eigenvalue weighted by atomic mass is 32.2. The van der Waals surface area contributed by atoms with Gasteiger partial charge in [-0.15, -0.1) is 0 Å². The van der Waals surface area contributed by atoms with E-state index < -0.39 is 0 Å². The Morgan fingerprint density at radius 1 is 1.26 bits per heavy atom. The quantitative estimate of drug-likeness (QED) is 0.790. The van der Waals surface area contributed by atoms with E-state index in [1.54, 1.807) is 0 Å². The smallest absolute Gasteiger partial charge is 0.0201 e. The van der Waals surface area contributed by atoms with Gasteiger partial charge in [-0.2, -0.15) is 11.8 Å². The molecule has 1 aliphatic carbocycles. The summed E-state index contributed by atoms with van der Waals surface area (Å²) >= 11 is 2.14. The Labute approximate surface area is 122 Å². The van der Waals surface area contributed by atoms with Crippen LogP contribution in [0.3, 0.4) is 0 Å². The summed E-state index contributed by atoms with van der Waals surface area (Å²) < 4.78 is 0. The summed E-state index contributed by atoms with van der Waals surface area (Å²) in [5, 5.41) is 4.65. The molecule has 1 aliphatic rings. The van der Waals surface area contributed by atoms with E-state index in [1.807, 2.05) is 0 Å². The molecule has 1 N–H and O–H groups in total. The molecule has 1 aromatic carbocycles. The summed E-state index contributed by atoms with van der Waals surface area (Å²) in [6, 6.07) is 11.6. The predicted octanol–water partition coefficient (Wildman–Crippen LogP) is 4.44. The van der Waals surface area contributed by atoms with Crippen molar-refractivity contribution in [1.29, 1.82) is 0 Å². The molecule has 0 heterocycles. The second-order valence-electron chi connectivity index (χ2n) is 5.59. The van der Waals surface area contributed by atoms with E-state index in [4.69, 9.17) is 0 Å². The second-order valence-corrected chi connectivity index (χ2v) is 7.10. The molecule has 106 valence electrons. The summed E-state index contributed by atoms with van der Waals surface area (Å²) in [4.78, 5) is 0. The Morgan fingerprint density at radius 2 is 2.05 bits per heavy atom. The molecule has 1 saturated carbocycles. The van der Waals surface area contributed by atoms with Crippen molar-refractivity contribution < 1.29 is 0 Å². The minimum Gasteiger partial charge on any atom is -0.313 e. The molecule has 0 aromatic heterocycles. The number of hydrogen-bond donors (Lipinski definition) is 1. The molecule has 3 atom stereocenters. The standard InChI is InChI=1S/C17H27NS/c1-3-19-17-11-7-10-16(17)18-13-12-14(2)15-8-5-4-6-9-15/h4-6,8-9,14,16-18H,3,7,10-13H2,1-2H3. The fraction of sp³-hybridized carbons (Fsp3) is 0.647. The first-order chi connectivity index (χ1) is 9.31. The van der Waals surface area contributed by atoms with Gasteiger partial charge < -0.3 is 5.32 Å². The summed E-state index contributed by atoms with van der Waals surface area (Å²) in [5.74, 6) is 1.91. The zero-order chi connectivity index (χ0) is 13.5. The number of rotatable bonds is 7. The van der Waals surface area contributed by atoms with Crippen LogP contribution in [-0.4, -0.2) is 23.6 Å². The number of thioether (sulfide) groups is 1. The summed E-state index contributed by atoms with van der Waals surface area (Å²) in [6.07, 6.45) is 5.43. The normalized spacial score (nSPS) is 24.5. The van der Waals surface area contributed by atoms with E-state index >= 15 is 0 Å². The number of hydrogen-bond acceptors (Lipinski definition) is 2. The Hall–Kier alpha value is -0.470. The molecule has 3 unspecified atom stereocenters. The molecular weight excluding hydrogens is 250 g/mol. The van der Waals surface area contributed by atoms with Crippen molar-refractivity contribution in [3.8, 4) is 0 Å². The Bertz CT molecular complexity index is 352. The maximum Gasteiger partial charge on any atom is 0.0201 e. The van der Waals surface area contributed by atoms with Crippen molar-refractivity contribution in [3.05, 3.63) is 35.9 Å². The summed E-state index contributed by atoms with van der Waals surface area (Å²) in [6.45, 7) is 5.77. The summed E-state index contributed by atoms with van der Waals surface area (Å²) in [5.41, 5.74) is 1.47. The molecular formula is C17H27NS. The molecule has 1 nitrogen and oxygen atoms in total. The third-order valence-corrected chi connectivity index (χ3v) is 5.51. The van der Waals surface area contributed by atoms with Crippen LogP contribution >= 0.6 is 11.8 Å². The molecule has 0 spiro atoms. The average Bonchev–Trinajstić information content (AvgIpc) is 2.88. The monoisotopic (exact) mass is 277 g/mol. The minimum absolute atomic E-state index is 0.660. The number of nitrogens with one attached hydrogen (secondary N) is 1. The lowest BCUT2D eigenvalue weighted by Gasteiger charge is -2.21. The van der Waals surface area contributed by atoms with E-state index in [0.717, 1.165) is 17.8 Å². The van der Waals surface area contributed by atoms with Crippen LogP contribution in [0.25, 0.3) is 0 Å². The van der Waals surface area contributed by atoms with Gasteiger partial charge >= 0.3 is 0 Å². The highest BCUT2D eigenvalue weighted by Crippen LogP contribution is 2.30. The molecule has 1 aromatic rings. The van der Waals surface area contributed by atoms with Crippen molar-refractivity contribution in [1.82, 2.24) is 5.32 Å². The van der Waals surface area contributed by atoms with E-state index in [9.17, 15) is 0 Å². The van der Waals surface area contributed by atoms with Crippen LogP contribution in [-0.2, 0) is 0 Å². The maximum absolute atomic E-state index is 3.80. The minimum atomic E-state index is 0.660. The Morgan fingerprint density at radius 3 is 2.79 bits per heavy atom. The molecule has 0 amide bonds. The second kappa shape index (κ2) is 7.96. The van der Waals surface area contributed by atoms with Crippen molar-refractivity contribution >= 4 is 11.8 Å². The lowest BCUT2D eigenvalue weighted by atomic mass is 9.98. The molecule has 1 fully saturated rings. The fourth-order valence-electron chi connectivity index (χ4n) is 3.01. The van der Waals surface area contributed by atoms with Gasteiger partial charge in [-0.3, -0.25) is 0 Å². The molecule has 19 heavy (non-hydrogen) atoms. The topological polar surface area (TPSA) is 12.0 Å². The Kier molecular flexibility index (Phi) is 6.25. The highest BCUT2D eigenvalue weighted by Gasteiger charge is 2.26. The van der Waals surface area contributed by atoms with Gasteiger partial charge in [0.1, 0.15) is 0 Å². The largest absolute Gasteiger partial charge is 0.313 e. The third kappa shape index (κ3) is 4.54. The van der Waals surface area contributed by atoms with Gasteiger partial charge in [-0.1, -0.05) is 50.6 Å². The van der Waals surface area contributed by atoms with Crippen LogP contribution < -0.4 is 5.32 Å². The lowest BCUT2D eigenvalue weighted by molar-refractivity contribution is 0.503. The molecule has 0 radical (unpaired) electrons. The zero-order valence-electron chi connectivity index (χ0n) is 12.3. The van der Waals surface area contributed by atoms with Crippen LogP contribution in [0.4, 0.5) is 0 Å². The van der Waals surface area contributed by atoms with E-state index in [0.29, 0.717) is 5.92 Å². The first-order valence-electron chi connectivity index (χ1n) is 7.71. The van der Waals surface area contributed by atoms with Crippen LogP contribution in [0, 0.1) is 0 Å². The van der Waals surface area contributed by atoms with Crippen LogP contribution in [0.15, 0.2) is 30.3 Å². The van der Waals surface area contributed by atoms with Crippen LogP contribution in [0.2, 0.25) is 0 Å². The van der Waals surface area contributed by atoms with Gasteiger partial charge in [0, 0.05) is 11.3 Å². The van der Waals surface area contributed by atoms with Gasteiger partial charge in [0.2, 0.25) is 0 Å². The van der Waals surface area contributed by atoms with Crippen LogP contribution in [0.5, 0.6) is 0 Å². The third-order valence-electron chi connectivity index (χ3n) is 4.19. The molecule has 0 bridgehead atoms. The van der Waals surface area contributed by atoms with Gasteiger partial charge in [0.25, 0.3) is 0 Å². The average molecular weight is 277 g/mol. The first-order valence-corrected chi connectivity index (χ1v) is 8.76. The lowest BCUT2D eigenvalue weighted by Crippen LogP contribution is -2.35. The van der Waals surface area contributed by atoms with Gasteiger partial charge in [-0.25, -0.2) is 0 Å². The van der Waals surface area contributed by atoms with Crippen molar-refractivity contribution in [2.24, 2.45) is 0 Å². The summed E-state index contributed by atoms with van der Waals surface area (Å²) in [7, 11) is 0. The van der Waals surface area contributed by atoms with Crippen LogP contribution in [0.1, 0.15) is 51.0 Å². The zero-order valence-corrected chi connectivity index (χ0v) is 13.1.